The van der Waals surface area contributed by atoms with Crippen molar-refractivity contribution >= 4 is 30.1 Å². The molecule has 7 heteroatoms. The highest BCUT2D eigenvalue weighted by molar-refractivity contribution is 7.99. The van der Waals surface area contributed by atoms with Crippen LogP contribution < -0.4 is 5.73 Å². The van der Waals surface area contributed by atoms with Gasteiger partial charge in [0.25, 0.3) is 0 Å². The van der Waals surface area contributed by atoms with Gasteiger partial charge in [0.1, 0.15) is 0 Å². The summed E-state index contributed by atoms with van der Waals surface area (Å²) >= 11 is 1.41. The lowest BCUT2D eigenvalue weighted by Gasteiger charge is -2.22. The minimum atomic E-state index is 0. The quantitative estimate of drug-likeness (QED) is 0.673. The first-order valence-corrected chi connectivity index (χ1v) is 7.83. The molecular weight excluding hydrogens is 308 g/mol. The first kappa shape index (κ1) is 18.2. The molecule has 2 rings (SSSR count). The van der Waals surface area contributed by atoms with Crippen molar-refractivity contribution in [1.82, 2.24) is 14.9 Å². The number of aromatic nitrogens is 2. The van der Waals surface area contributed by atoms with Crippen LogP contribution in [0.1, 0.15) is 24.7 Å². The van der Waals surface area contributed by atoms with Crippen molar-refractivity contribution in [2.24, 2.45) is 11.1 Å². The molecule has 5 nitrogen and oxygen atoms in total. The summed E-state index contributed by atoms with van der Waals surface area (Å²) in [4.78, 5) is 22.8. The molecular formula is C14H23ClN4OS. The number of hydrogen-bond donors (Lipinski definition) is 1. The number of carbonyl (C=O) groups is 1. The van der Waals surface area contributed by atoms with Crippen molar-refractivity contribution in [2.75, 3.05) is 25.4 Å². The normalized spacial score (nSPS) is 21.2. The van der Waals surface area contributed by atoms with Crippen LogP contribution in [0.25, 0.3) is 0 Å². The lowest BCUT2D eigenvalue weighted by atomic mass is 9.90. The van der Waals surface area contributed by atoms with E-state index in [2.05, 4.69) is 16.9 Å². The van der Waals surface area contributed by atoms with Gasteiger partial charge < -0.3 is 10.6 Å². The highest BCUT2D eigenvalue weighted by atomic mass is 35.5. The number of halogens is 1. The van der Waals surface area contributed by atoms with Gasteiger partial charge in [-0.2, -0.15) is 0 Å². The van der Waals surface area contributed by atoms with Crippen LogP contribution in [0.3, 0.4) is 0 Å². The molecule has 0 aliphatic carbocycles. The third kappa shape index (κ3) is 4.83. The molecule has 1 amide bonds. The van der Waals surface area contributed by atoms with E-state index in [9.17, 15) is 4.79 Å². The zero-order chi connectivity index (χ0) is 14.8. The van der Waals surface area contributed by atoms with E-state index in [1.54, 1.807) is 0 Å². The molecule has 21 heavy (non-hydrogen) atoms. The van der Waals surface area contributed by atoms with Gasteiger partial charge in [0.15, 0.2) is 5.16 Å². The number of carbonyl (C=O) groups excluding carboxylic acids is 1. The van der Waals surface area contributed by atoms with Crippen LogP contribution in [-0.4, -0.2) is 46.2 Å². The zero-order valence-electron chi connectivity index (χ0n) is 12.8. The average molecular weight is 331 g/mol. The Kier molecular flexibility index (Phi) is 6.43. The summed E-state index contributed by atoms with van der Waals surface area (Å²) in [6.45, 7) is 8.21. The van der Waals surface area contributed by atoms with Crippen molar-refractivity contribution in [1.29, 1.82) is 0 Å². The summed E-state index contributed by atoms with van der Waals surface area (Å²) < 4.78 is 0. The molecule has 1 aromatic heterocycles. The second-order valence-electron chi connectivity index (χ2n) is 5.80. The summed E-state index contributed by atoms with van der Waals surface area (Å²) in [5.74, 6) is 0.540. The molecule has 0 radical (unpaired) electrons. The minimum Gasteiger partial charge on any atom is -0.341 e. The van der Waals surface area contributed by atoms with Crippen molar-refractivity contribution in [3.8, 4) is 0 Å². The van der Waals surface area contributed by atoms with E-state index in [0.717, 1.165) is 30.9 Å². The molecule has 2 N–H and O–H groups in total. The van der Waals surface area contributed by atoms with Crippen LogP contribution >= 0.6 is 24.2 Å². The Morgan fingerprint density at radius 2 is 2.05 bits per heavy atom. The summed E-state index contributed by atoms with van der Waals surface area (Å²) in [7, 11) is 0. The highest BCUT2D eigenvalue weighted by Crippen LogP contribution is 2.29. The fraction of sp³-hybridized carbons (Fsp3) is 0.643. The van der Waals surface area contributed by atoms with Crippen LogP contribution in [-0.2, 0) is 4.79 Å². The number of amides is 1. The van der Waals surface area contributed by atoms with E-state index in [-0.39, 0.29) is 23.7 Å². The number of hydrogen-bond acceptors (Lipinski definition) is 5. The topological polar surface area (TPSA) is 72.1 Å². The molecule has 1 atom stereocenters. The number of thioether (sulfide) groups is 1. The van der Waals surface area contributed by atoms with Gasteiger partial charge in [-0.25, -0.2) is 9.97 Å². The molecule has 1 saturated heterocycles. The van der Waals surface area contributed by atoms with Gasteiger partial charge in [-0.15, -0.1) is 12.4 Å². The Morgan fingerprint density at radius 1 is 1.43 bits per heavy atom. The standard InChI is InChI=1S/C14H22N4OS.ClH/c1-10-6-11(2)17-13(16-10)20-7-12(19)18-5-4-14(3,8-15)9-18;/h6H,4-5,7-9,15H2,1-3H3;1H. The summed E-state index contributed by atoms with van der Waals surface area (Å²) in [5, 5.41) is 0.677. The van der Waals surface area contributed by atoms with Gasteiger partial charge >= 0.3 is 0 Å². The first-order chi connectivity index (χ1) is 9.42. The largest absolute Gasteiger partial charge is 0.341 e. The molecule has 0 spiro atoms. The molecule has 1 fully saturated rings. The highest BCUT2D eigenvalue weighted by Gasteiger charge is 2.34. The maximum atomic E-state index is 12.2. The summed E-state index contributed by atoms with van der Waals surface area (Å²) in [6.07, 6.45) is 0.986. The van der Waals surface area contributed by atoms with Crippen molar-refractivity contribution in [3.05, 3.63) is 17.5 Å². The second-order valence-corrected chi connectivity index (χ2v) is 6.74. The first-order valence-electron chi connectivity index (χ1n) is 6.85. The molecule has 2 heterocycles. The van der Waals surface area contributed by atoms with Crippen molar-refractivity contribution < 1.29 is 4.79 Å². The summed E-state index contributed by atoms with van der Waals surface area (Å²) in [5.41, 5.74) is 7.71. The number of nitrogens with two attached hydrogens (primary N) is 1. The van der Waals surface area contributed by atoms with E-state index >= 15 is 0 Å². The molecule has 1 aromatic rings. The Morgan fingerprint density at radius 3 is 2.57 bits per heavy atom. The van der Waals surface area contributed by atoms with Gasteiger partial charge in [-0.1, -0.05) is 18.7 Å². The van der Waals surface area contributed by atoms with Gasteiger partial charge in [0.2, 0.25) is 5.91 Å². The monoisotopic (exact) mass is 330 g/mol. The van der Waals surface area contributed by atoms with Gasteiger partial charge in [0.05, 0.1) is 5.75 Å². The molecule has 0 bridgehead atoms. The number of aryl methyl sites for hydroxylation is 2. The predicted octanol–water partition coefficient (Wildman–Crippen LogP) is 1.80. The summed E-state index contributed by atoms with van der Waals surface area (Å²) in [6, 6.07) is 1.93. The fourth-order valence-corrected chi connectivity index (χ4v) is 3.23. The van der Waals surface area contributed by atoms with Crippen LogP contribution in [0.2, 0.25) is 0 Å². The lowest BCUT2D eigenvalue weighted by molar-refractivity contribution is -0.127. The molecule has 118 valence electrons. The Bertz CT molecular complexity index is 493. The number of nitrogens with zero attached hydrogens (tertiary/aromatic N) is 3. The van der Waals surface area contributed by atoms with Gasteiger partial charge in [0, 0.05) is 24.5 Å². The molecule has 0 aromatic carbocycles. The predicted molar refractivity (Wildman–Crippen MR) is 87.8 cm³/mol. The van der Waals surface area contributed by atoms with E-state index < -0.39 is 0 Å². The van der Waals surface area contributed by atoms with E-state index in [4.69, 9.17) is 5.73 Å². The third-order valence-corrected chi connectivity index (χ3v) is 4.52. The molecule has 0 saturated carbocycles. The SMILES string of the molecule is Cc1cc(C)nc(SCC(=O)N2CCC(C)(CN)C2)n1.Cl. The maximum absolute atomic E-state index is 12.2. The maximum Gasteiger partial charge on any atom is 0.233 e. The minimum absolute atomic E-state index is 0. The van der Waals surface area contributed by atoms with Crippen molar-refractivity contribution in [2.45, 2.75) is 32.3 Å². The number of rotatable bonds is 4. The Hall–Kier alpha value is -0.850. The molecule has 1 aliphatic heterocycles. The van der Waals surface area contributed by atoms with Crippen LogP contribution in [0.5, 0.6) is 0 Å². The number of likely N-dealkylation sites (tertiary alicyclic amines) is 1. The van der Waals surface area contributed by atoms with E-state index in [0.29, 0.717) is 17.5 Å². The molecule has 1 unspecified atom stereocenters. The zero-order valence-corrected chi connectivity index (χ0v) is 14.4. The van der Waals surface area contributed by atoms with E-state index in [1.807, 2.05) is 24.8 Å². The van der Waals surface area contributed by atoms with Crippen LogP contribution in [0.15, 0.2) is 11.2 Å². The Labute approximate surface area is 136 Å². The third-order valence-electron chi connectivity index (χ3n) is 3.69. The van der Waals surface area contributed by atoms with Crippen LogP contribution in [0, 0.1) is 19.3 Å². The smallest absolute Gasteiger partial charge is 0.233 e. The lowest BCUT2D eigenvalue weighted by Crippen LogP contribution is -2.35. The average Bonchev–Trinajstić information content (AvgIpc) is 2.78. The second kappa shape index (κ2) is 7.42. The van der Waals surface area contributed by atoms with E-state index in [1.165, 1.54) is 11.8 Å². The van der Waals surface area contributed by atoms with Gasteiger partial charge in [-0.3, -0.25) is 4.79 Å². The van der Waals surface area contributed by atoms with Crippen LogP contribution in [0.4, 0.5) is 0 Å². The van der Waals surface area contributed by atoms with Crippen molar-refractivity contribution in [3.63, 3.8) is 0 Å². The Balaban J connectivity index is 0.00000220. The molecule has 1 aliphatic rings. The fourth-order valence-electron chi connectivity index (χ4n) is 2.38. The van der Waals surface area contributed by atoms with Gasteiger partial charge in [-0.05, 0) is 38.3 Å².